The van der Waals surface area contributed by atoms with E-state index in [1.807, 2.05) is 44.2 Å². The fraction of sp³-hybridized carbons (Fsp3) is 0.423. The summed E-state index contributed by atoms with van der Waals surface area (Å²) in [6.45, 7) is 8.98. The van der Waals surface area contributed by atoms with Gasteiger partial charge < -0.3 is 19.5 Å². The Morgan fingerprint density at radius 2 is 1.57 bits per heavy atom. The van der Waals surface area contributed by atoms with E-state index < -0.39 is 42.0 Å². The molecule has 2 aromatic rings. The second kappa shape index (κ2) is 14.7. The molecular formula is C26H33Cl2NO6. The fourth-order valence-corrected chi connectivity index (χ4v) is 3.36. The van der Waals surface area contributed by atoms with Crippen molar-refractivity contribution in [2.45, 2.75) is 58.8 Å². The van der Waals surface area contributed by atoms with Crippen molar-refractivity contribution >= 4 is 41.0 Å². The summed E-state index contributed by atoms with van der Waals surface area (Å²) >= 11 is 11.4. The van der Waals surface area contributed by atoms with Crippen LogP contribution in [-0.2, 0) is 23.9 Å². The van der Waals surface area contributed by atoms with Crippen LogP contribution in [-0.4, -0.2) is 52.7 Å². The second-order valence-electron chi connectivity index (χ2n) is 8.34. The van der Waals surface area contributed by atoms with Gasteiger partial charge in [0, 0.05) is 10.0 Å². The van der Waals surface area contributed by atoms with E-state index in [1.165, 1.54) is 4.90 Å². The Labute approximate surface area is 216 Å². The number of carbonyl (C=O) groups excluding carboxylic acids is 2. The summed E-state index contributed by atoms with van der Waals surface area (Å²) in [5, 5.41) is 10.3. The van der Waals surface area contributed by atoms with Crippen LogP contribution in [0.5, 0.6) is 0 Å². The molecule has 3 rings (SSSR count). The van der Waals surface area contributed by atoms with Crippen molar-refractivity contribution in [3.63, 3.8) is 0 Å². The lowest BCUT2D eigenvalue weighted by atomic mass is 10.0. The first-order chi connectivity index (χ1) is 16.5. The van der Waals surface area contributed by atoms with Crippen molar-refractivity contribution < 1.29 is 29.0 Å². The van der Waals surface area contributed by atoms with Crippen LogP contribution in [0.1, 0.15) is 52.6 Å². The molecule has 9 heteroatoms. The van der Waals surface area contributed by atoms with Gasteiger partial charge in [0.1, 0.15) is 18.2 Å². The molecule has 2 atom stereocenters. The number of benzene rings is 2. The summed E-state index contributed by atoms with van der Waals surface area (Å²) in [5.41, 5.74) is 0.0444. The van der Waals surface area contributed by atoms with E-state index in [4.69, 9.17) is 37.8 Å². The molecule has 1 aliphatic heterocycles. The van der Waals surface area contributed by atoms with E-state index in [0.29, 0.717) is 5.02 Å². The zero-order valence-electron chi connectivity index (χ0n) is 20.7. The lowest BCUT2D eigenvalue weighted by molar-refractivity contribution is -0.173. The number of amides is 1. The minimum absolute atomic E-state index is 0.0775. The highest BCUT2D eigenvalue weighted by molar-refractivity contribution is 6.30. The first-order valence-corrected chi connectivity index (χ1v) is 12.0. The van der Waals surface area contributed by atoms with E-state index in [1.54, 1.807) is 45.0 Å². The number of carboxylic acids is 1. The van der Waals surface area contributed by atoms with Crippen molar-refractivity contribution in [1.29, 1.82) is 0 Å². The van der Waals surface area contributed by atoms with Crippen LogP contribution in [0.3, 0.4) is 0 Å². The van der Waals surface area contributed by atoms with Crippen molar-refractivity contribution in [3.8, 4) is 0 Å². The molecule has 0 aromatic heterocycles. The normalized spacial score (nSPS) is 17.3. The Balaban J connectivity index is 0.000000574. The molecule has 35 heavy (non-hydrogen) atoms. The van der Waals surface area contributed by atoms with E-state index in [2.05, 4.69) is 0 Å². The molecule has 1 fully saturated rings. The first kappa shape index (κ1) is 30.4. The molecule has 192 valence electrons. The summed E-state index contributed by atoms with van der Waals surface area (Å²) in [6.07, 6.45) is -1.59. The Hall–Kier alpha value is -2.61. The summed E-state index contributed by atoms with van der Waals surface area (Å²) in [6, 6.07) is 15.7. The molecule has 1 aliphatic rings. The summed E-state index contributed by atoms with van der Waals surface area (Å²) in [5.74, 6) is -2.27. The van der Waals surface area contributed by atoms with Crippen LogP contribution in [0.2, 0.25) is 10.0 Å². The molecule has 7 nitrogen and oxygen atoms in total. The largest absolute Gasteiger partial charge is 0.481 e. The van der Waals surface area contributed by atoms with Gasteiger partial charge in [-0.15, -0.1) is 0 Å². The number of carboxylic acid groups (broad SMARTS) is 1. The maximum atomic E-state index is 12.7. The van der Waals surface area contributed by atoms with Gasteiger partial charge in [-0.3, -0.25) is 14.4 Å². The van der Waals surface area contributed by atoms with E-state index in [-0.39, 0.29) is 13.2 Å². The Morgan fingerprint density at radius 1 is 1.03 bits per heavy atom. The van der Waals surface area contributed by atoms with Crippen LogP contribution in [0, 0.1) is 0 Å². The van der Waals surface area contributed by atoms with E-state index in [9.17, 15) is 14.4 Å². The van der Waals surface area contributed by atoms with Gasteiger partial charge in [-0.05, 0) is 50.6 Å². The predicted molar refractivity (Wildman–Crippen MR) is 137 cm³/mol. The molecule has 1 saturated heterocycles. The zero-order chi connectivity index (χ0) is 26.6. The quantitative estimate of drug-likeness (QED) is 0.496. The Morgan fingerprint density at radius 3 is 2.03 bits per heavy atom. The summed E-state index contributed by atoms with van der Waals surface area (Å²) in [7, 11) is 0. The number of hydrogen-bond donors (Lipinski definition) is 1. The van der Waals surface area contributed by atoms with Crippen molar-refractivity contribution in [1.82, 2.24) is 4.90 Å². The van der Waals surface area contributed by atoms with Crippen LogP contribution < -0.4 is 0 Å². The van der Waals surface area contributed by atoms with Crippen molar-refractivity contribution in [2.24, 2.45) is 0 Å². The van der Waals surface area contributed by atoms with Crippen molar-refractivity contribution in [3.05, 3.63) is 70.2 Å². The van der Waals surface area contributed by atoms with Crippen LogP contribution in [0.25, 0.3) is 0 Å². The molecule has 1 heterocycles. The molecule has 0 bridgehead atoms. The summed E-state index contributed by atoms with van der Waals surface area (Å²) < 4.78 is 10.8. The van der Waals surface area contributed by atoms with Gasteiger partial charge in [0.05, 0.1) is 19.1 Å². The highest BCUT2D eigenvalue weighted by Gasteiger charge is 2.39. The molecular weight excluding hydrogens is 493 g/mol. The Kier molecular flexibility index (Phi) is 12.8. The molecule has 2 unspecified atom stereocenters. The van der Waals surface area contributed by atoms with E-state index >= 15 is 0 Å². The highest BCUT2D eigenvalue weighted by Crippen LogP contribution is 2.29. The molecule has 0 spiro atoms. The Bertz CT molecular complexity index is 945. The number of rotatable bonds is 5. The highest BCUT2D eigenvalue weighted by atomic mass is 35.5. The van der Waals surface area contributed by atoms with Crippen molar-refractivity contribution in [2.75, 3.05) is 13.2 Å². The maximum absolute atomic E-state index is 12.7. The maximum Gasteiger partial charge on any atom is 0.326 e. The number of hydrogen-bond acceptors (Lipinski definition) is 5. The lowest BCUT2D eigenvalue weighted by Gasteiger charge is -2.39. The number of esters is 1. The average Bonchev–Trinajstić information content (AvgIpc) is 2.78. The standard InChI is InChI=1S/C18H22ClNO6.C6H5Cl.C2H6/c1-18(2,3)26-16(23)9-20-13(11-4-6-12(19)7-5-11)10-25-14(17(20)24)8-15(21)22;7-6-4-2-1-3-5-6;1-2/h4-7,13-14H,8-10H2,1-3H3,(H,21,22);1-5H;1-2H3. The molecule has 1 amide bonds. The van der Waals surface area contributed by atoms with Crippen LogP contribution in [0.15, 0.2) is 54.6 Å². The smallest absolute Gasteiger partial charge is 0.326 e. The van der Waals surface area contributed by atoms with Gasteiger partial charge in [-0.25, -0.2) is 0 Å². The minimum atomic E-state index is -1.15. The third-order valence-electron chi connectivity index (χ3n) is 4.46. The average molecular weight is 526 g/mol. The predicted octanol–water partition coefficient (Wildman–Crippen LogP) is 5.79. The number of carbonyl (C=O) groups is 3. The minimum Gasteiger partial charge on any atom is -0.481 e. The lowest BCUT2D eigenvalue weighted by Crippen LogP contribution is -2.52. The number of halogens is 2. The van der Waals surface area contributed by atoms with Gasteiger partial charge >= 0.3 is 11.9 Å². The van der Waals surface area contributed by atoms with E-state index in [0.717, 1.165) is 10.6 Å². The van der Waals surface area contributed by atoms with Crippen LogP contribution >= 0.6 is 23.2 Å². The monoisotopic (exact) mass is 525 g/mol. The number of ether oxygens (including phenoxy) is 2. The van der Waals surface area contributed by atoms with Gasteiger partial charge in [-0.2, -0.15) is 0 Å². The molecule has 2 aromatic carbocycles. The third-order valence-corrected chi connectivity index (χ3v) is 4.96. The number of aliphatic carboxylic acids is 1. The summed E-state index contributed by atoms with van der Waals surface area (Å²) in [4.78, 5) is 37.2. The second-order valence-corrected chi connectivity index (χ2v) is 9.21. The topological polar surface area (TPSA) is 93.1 Å². The van der Waals surface area contributed by atoms with Crippen LogP contribution in [0.4, 0.5) is 0 Å². The van der Waals surface area contributed by atoms with Gasteiger partial charge in [0.25, 0.3) is 5.91 Å². The van der Waals surface area contributed by atoms with Gasteiger partial charge in [0.15, 0.2) is 0 Å². The molecule has 0 aliphatic carbocycles. The molecule has 0 saturated carbocycles. The fourth-order valence-electron chi connectivity index (χ4n) is 3.09. The molecule has 0 radical (unpaired) electrons. The molecule has 1 N–H and O–H groups in total. The number of nitrogens with zero attached hydrogens (tertiary/aromatic N) is 1. The number of morpholine rings is 1. The van der Waals surface area contributed by atoms with Gasteiger partial charge in [0.2, 0.25) is 0 Å². The first-order valence-electron chi connectivity index (χ1n) is 11.3. The SMILES string of the molecule is CC.CC(C)(C)OC(=O)CN1C(=O)C(CC(=O)O)OCC1c1ccc(Cl)cc1.Clc1ccccc1. The zero-order valence-corrected chi connectivity index (χ0v) is 22.2. The van der Waals surface area contributed by atoms with Gasteiger partial charge in [-0.1, -0.05) is 67.4 Å². The third kappa shape index (κ3) is 11.1.